The number of piperidine rings is 1. The lowest BCUT2D eigenvalue weighted by Crippen LogP contribution is -2.36. The van der Waals surface area contributed by atoms with E-state index in [1.807, 2.05) is 6.26 Å². The fraction of sp³-hybridized carbons (Fsp3) is 0.240. The van der Waals surface area contributed by atoms with Gasteiger partial charge in [-0.3, -0.25) is 14.2 Å². The molecule has 1 aliphatic heterocycles. The van der Waals surface area contributed by atoms with E-state index in [2.05, 4.69) is 9.44 Å². The highest BCUT2D eigenvalue weighted by Crippen LogP contribution is 2.28. The summed E-state index contributed by atoms with van der Waals surface area (Å²) in [6.07, 6.45) is 4.78. The van der Waals surface area contributed by atoms with E-state index >= 15 is 0 Å². The van der Waals surface area contributed by atoms with Crippen molar-refractivity contribution in [1.29, 1.82) is 0 Å². The van der Waals surface area contributed by atoms with Gasteiger partial charge >= 0.3 is 0 Å². The predicted octanol–water partition coefficient (Wildman–Crippen LogP) is 5.29. The van der Waals surface area contributed by atoms with Crippen LogP contribution in [-0.4, -0.2) is 47.0 Å². The first kappa shape index (κ1) is 27.3. The third-order valence-electron chi connectivity index (χ3n) is 5.85. The molecule has 1 heterocycles. The van der Waals surface area contributed by atoms with Crippen LogP contribution in [0.25, 0.3) is 0 Å². The van der Waals surface area contributed by atoms with Crippen molar-refractivity contribution in [3.05, 3.63) is 77.3 Å². The Balaban J connectivity index is 1.53. The van der Waals surface area contributed by atoms with Crippen LogP contribution in [0, 0.1) is 0 Å². The van der Waals surface area contributed by atoms with E-state index < -0.39 is 20.0 Å². The summed E-state index contributed by atoms with van der Waals surface area (Å²) in [5.41, 5.74) is 0.839. The highest BCUT2D eigenvalue weighted by atomic mass is 35.5. The molecule has 0 spiro atoms. The molecule has 1 saturated heterocycles. The fourth-order valence-electron chi connectivity index (χ4n) is 3.97. The Morgan fingerprint density at radius 1 is 0.811 bits per heavy atom. The van der Waals surface area contributed by atoms with Crippen LogP contribution in [0.15, 0.2) is 81.4 Å². The molecule has 8 nitrogen and oxygen atoms in total. The molecule has 0 saturated carbocycles. The van der Waals surface area contributed by atoms with Gasteiger partial charge in [0.25, 0.3) is 26.0 Å². The second kappa shape index (κ2) is 11.3. The van der Waals surface area contributed by atoms with E-state index in [0.717, 1.165) is 19.3 Å². The van der Waals surface area contributed by atoms with Crippen LogP contribution in [0.3, 0.4) is 0 Å². The van der Waals surface area contributed by atoms with Crippen molar-refractivity contribution in [2.75, 3.05) is 28.8 Å². The Kier molecular flexibility index (Phi) is 8.37. The Bertz CT molecular complexity index is 1500. The molecule has 196 valence electrons. The highest BCUT2D eigenvalue weighted by Gasteiger charge is 2.24. The summed E-state index contributed by atoms with van der Waals surface area (Å²) in [7, 11) is -7.94. The molecule has 3 aromatic carbocycles. The smallest absolute Gasteiger partial charge is 0.261 e. The SMILES string of the molecule is CSc1ccc(S(=O)(=O)Nc2ccc(S(=O)(=O)Nc3cccc(Cl)c3)cc2)cc1C(=O)N1CCCCC1. The number of carbonyl (C=O) groups excluding carboxylic acids is 1. The number of hydrogen-bond acceptors (Lipinski definition) is 6. The number of hydrogen-bond donors (Lipinski definition) is 2. The van der Waals surface area contributed by atoms with Gasteiger partial charge < -0.3 is 4.90 Å². The Hall–Kier alpha value is -2.73. The standard InChI is InChI=1S/C25H26ClN3O5S3/c1-35-24-13-12-22(17-23(24)25(30)29-14-3-2-4-15-29)37(33,34)27-19-8-10-21(11-9-19)36(31,32)28-20-7-5-6-18(26)16-20/h5-13,16-17,27-28H,2-4,14-15H2,1H3. The second-order valence-corrected chi connectivity index (χ2v) is 13.1. The lowest BCUT2D eigenvalue weighted by atomic mass is 10.1. The number of anilines is 2. The molecule has 0 bridgehead atoms. The quantitative estimate of drug-likeness (QED) is 0.351. The van der Waals surface area contributed by atoms with Crippen molar-refractivity contribution in [2.45, 2.75) is 33.9 Å². The topological polar surface area (TPSA) is 113 Å². The molecule has 0 unspecified atom stereocenters. The lowest BCUT2D eigenvalue weighted by Gasteiger charge is -2.27. The molecule has 1 fully saturated rings. The minimum Gasteiger partial charge on any atom is -0.339 e. The van der Waals surface area contributed by atoms with Crippen LogP contribution < -0.4 is 9.44 Å². The van der Waals surface area contributed by atoms with E-state index in [0.29, 0.717) is 34.3 Å². The summed E-state index contributed by atoms with van der Waals surface area (Å²) in [5.74, 6) is -0.178. The third kappa shape index (κ3) is 6.59. The molecular formula is C25H26ClN3O5S3. The summed E-state index contributed by atoms with van der Waals surface area (Å²) in [6, 6.07) is 16.1. The largest absolute Gasteiger partial charge is 0.339 e. The van der Waals surface area contributed by atoms with E-state index in [1.165, 1.54) is 54.2 Å². The van der Waals surface area contributed by atoms with Crippen LogP contribution >= 0.6 is 23.4 Å². The zero-order valence-electron chi connectivity index (χ0n) is 20.0. The van der Waals surface area contributed by atoms with Crippen LogP contribution in [0.2, 0.25) is 5.02 Å². The van der Waals surface area contributed by atoms with Gasteiger partial charge in [-0.2, -0.15) is 0 Å². The summed E-state index contributed by atoms with van der Waals surface area (Å²) in [4.78, 5) is 15.5. The molecule has 1 aliphatic rings. The van der Waals surface area contributed by atoms with Crippen molar-refractivity contribution in [3.63, 3.8) is 0 Å². The molecule has 37 heavy (non-hydrogen) atoms. The number of nitrogens with one attached hydrogen (secondary N) is 2. The summed E-state index contributed by atoms with van der Waals surface area (Å²) < 4.78 is 56.5. The van der Waals surface area contributed by atoms with Crippen molar-refractivity contribution < 1.29 is 21.6 Å². The van der Waals surface area contributed by atoms with Crippen LogP contribution in [0.5, 0.6) is 0 Å². The van der Waals surface area contributed by atoms with Crippen molar-refractivity contribution in [3.8, 4) is 0 Å². The maximum Gasteiger partial charge on any atom is 0.261 e. The monoisotopic (exact) mass is 579 g/mol. The van der Waals surface area contributed by atoms with Crippen molar-refractivity contribution >= 4 is 60.7 Å². The Labute approximate surface area is 226 Å². The number of benzene rings is 3. The van der Waals surface area contributed by atoms with E-state index in [-0.39, 0.29) is 21.4 Å². The maximum atomic E-state index is 13.1. The van der Waals surface area contributed by atoms with E-state index in [4.69, 9.17) is 11.6 Å². The van der Waals surface area contributed by atoms with Crippen LogP contribution in [-0.2, 0) is 20.0 Å². The second-order valence-electron chi connectivity index (χ2n) is 8.46. The van der Waals surface area contributed by atoms with Crippen molar-refractivity contribution in [2.24, 2.45) is 0 Å². The molecule has 3 aromatic rings. The number of likely N-dealkylation sites (tertiary alicyclic amines) is 1. The van der Waals surface area contributed by atoms with Gasteiger partial charge in [0.15, 0.2) is 0 Å². The van der Waals surface area contributed by atoms with Crippen molar-refractivity contribution in [1.82, 2.24) is 4.90 Å². The molecule has 0 atom stereocenters. The molecule has 0 aliphatic carbocycles. The minimum atomic E-state index is -4.04. The van der Waals surface area contributed by atoms with Gasteiger partial charge in [-0.1, -0.05) is 17.7 Å². The normalized spacial score (nSPS) is 14.3. The van der Waals surface area contributed by atoms with E-state index in [1.54, 1.807) is 29.2 Å². The van der Waals surface area contributed by atoms with Gasteiger partial charge in [0, 0.05) is 28.7 Å². The first-order valence-corrected chi connectivity index (χ1v) is 16.0. The zero-order chi connectivity index (χ0) is 26.6. The fourth-order valence-corrected chi connectivity index (χ4v) is 6.87. The number of amides is 1. The molecule has 2 N–H and O–H groups in total. The minimum absolute atomic E-state index is 0.0471. The van der Waals surface area contributed by atoms with Gasteiger partial charge in [-0.15, -0.1) is 11.8 Å². The van der Waals surface area contributed by atoms with Gasteiger partial charge in [0.1, 0.15) is 0 Å². The Morgan fingerprint density at radius 2 is 1.43 bits per heavy atom. The van der Waals surface area contributed by atoms with Crippen LogP contribution in [0.4, 0.5) is 11.4 Å². The predicted molar refractivity (Wildman–Crippen MR) is 147 cm³/mol. The molecule has 4 rings (SSSR count). The zero-order valence-corrected chi connectivity index (χ0v) is 23.2. The Morgan fingerprint density at radius 3 is 2.08 bits per heavy atom. The number of halogens is 1. The van der Waals surface area contributed by atoms with Gasteiger partial charge in [-0.25, -0.2) is 16.8 Å². The average molecular weight is 580 g/mol. The lowest BCUT2D eigenvalue weighted by molar-refractivity contribution is 0.0720. The highest BCUT2D eigenvalue weighted by molar-refractivity contribution is 7.98. The number of nitrogens with zero attached hydrogens (tertiary/aromatic N) is 1. The summed E-state index contributed by atoms with van der Waals surface area (Å²) in [6.45, 7) is 1.31. The number of sulfonamides is 2. The van der Waals surface area contributed by atoms with Crippen LogP contribution in [0.1, 0.15) is 29.6 Å². The first-order valence-electron chi connectivity index (χ1n) is 11.5. The summed E-state index contributed by atoms with van der Waals surface area (Å²) >= 11 is 7.30. The molecule has 12 heteroatoms. The third-order valence-corrected chi connectivity index (χ3v) is 9.66. The van der Waals surface area contributed by atoms with Gasteiger partial charge in [0.05, 0.1) is 21.0 Å². The summed E-state index contributed by atoms with van der Waals surface area (Å²) in [5, 5.41) is 0.385. The van der Waals surface area contributed by atoms with Gasteiger partial charge in [0.2, 0.25) is 0 Å². The number of thioether (sulfide) groups is 1. The molecular weight excluding hydrogens is 554 g/mol. The maximum absolute atomic E-state index is 13.1. The number of rotatable bonds is 8. The first-order chi connectivity index (χ1) is 17.6. The van der Waals surface area contributed by atoms with E-state index in [9.17, 15) is 21.6 Å². The molecule has 0 radical (unpaired) electrons. The van der Waals surface area contributed by atoms with Gasteiger partial charge in [-0.05, 0) is 86.2 Å². The average Bonchev–Trinajstić information content (AvgIpc) is 2.88. The number of carbonyl (C=O) groups is 1. The molecule has 0 aromatic heterocycles. The molecule has 1 amide bonds.